The van der Waals surface area contributed by atoms with Gasteiger partial charge in [0.1, 0.15) is 10.7 Å². The van der Waals surface area contributed by atoms with Gasteiger partial charge in [-0.25, -0.2) is 17.5 Å². The number of nitrogens with two attached hydrogens (primary N) is 1. The third-order valence-electron chi connectivity index (χ3n) is 3.85. The maximum absolute atomic E-state index is 14.1. The van der Waals surface area contributed by atoms with Crippen LogP contribution in [0.1, 0.15) is 25.3 Å². The van der Waals surface area contributed by atoms with Crippen LogP contribution < -0.4 is 10.5 Å². The van der Waals surface area contributed by atoms with E-state index < -0.39 is 15.8 Å². The molecule has 0 amide bonds. The van der Waals surface area contributed by atoms with Gasteiger partial charge in [0.05, 0.1) is 0 Å². The van der Waals surface area contributed by atoms with Gasteiger partial charge in [0.25, 0.3) is 0 Å². The highest BCUT2D eigenvalue weighted by Crippen LogP contribution is 2.24. The van der Waals surface area contributed by atoms with E-state index >= 15 is 0 Å². The van der Waals surface area contributed by atoms with Gasteiger partial charge in [-0.15, -0.1) is 0 Å². The van der Waals surface area contributed by atoms with Crippen LogP contribution in [0.15, 0.2) is 17.0 Å². The Morgan fingerprint density at radius 1 is 1.38 bits per heavy atom. The van der Waals surface area contributed by atoms with Crippen molar-refractivity contribution in [2.45, 2.75) is 37.6 Å². The lowest BCUT2D eigenvalue weighted by atomic mass is 9.94. The molecule has 0 aliphatic carbocycles. The molecule has 1 atom stereocenters. The van der Waals surface area contributed by atoms with Crippen molar-refractivity contribution in [3.05, 3.63) is 23.5 Å². The van der Waals surface area contributed by atoms with Crippen LogP contribution in [0.25, 0.3) is 0 Å². The first kappa shape index (κ1) is 16.2. The van der Waals surface area contributed by atoms with Gasteiger partial charge in [-0.2, -0.15) is 0 Å². The molecular weight excluding hydrogens is 295 g/mol. The second kappa shape index (κ2) is 6.29. The van der Waals surface area contributed by atoms with Gasteiger partial charge in [-0.3, -0.25) is 0 Å². The highest BCUT2D eigenvalue weighted by Gasteiger charge is 2.27. The fraction of sp³-hybridized carbons (Fsp3) is 0.571. The fourth-order valence-electron chi connectivity index (χ4n) is 2.58. The summed E-state index contributed by atoms with van der Waals surface area (Å²) >= 11 is 0. The largest absolute Gasteiger partial charge is 0.399 e. The van der Waals surface area contributed by atoms with Gasteiger partial charge in [0, 0.05) is 24.9 Å². The molecule has 0 aromatic heterocycles. The molecule has 1 fully saturated rings. The molecule has 1 saturated heterocycles. The predicted octanol–water partition coefficient (Wildman–Crippen LogP) is 1.81. The number of hydrogen-bond acceptors (Lipinski definition) is 4. The number of ether oxygens (including phenoxy) is 1. The minimum Gasteiger partial charge on any atom is -0.399 e. The zero-order chi connectivity index (χ0) is 15.6. The van der Waals surface area contributed by atoms with Crippen LogP contribution in [0.2, 0.25) is 0 Å². The average Bonchev–Trinajstić information content (AvgIpc) is 2.43. The van der Waals surface area contributed by atoms with Crippen molar-refractivity contribution < 1.29 is 17.5 Å². The summed E-state index contributed by atoms with van der Waals surface area (Å²) in [6, 6.07) is 2.29. The summed E-state index contributed by atoms with van der Waals surface area (Å²) < 4.78 is 46.6. The third-order valence-corrected chi connectivity index (χ3v) is 5.41. The van der Waals surface area contributed by atoms with E-state index in [1.807, 2.05) is 0 Å². The van der Waals surface area contributed by atoms with Crippen molar-refractivity contribution >= 4 is 15.7 Å². The fourth-order valence-corrected chi connectivity index (χ4v) is 4.08. The molecule has 3 N–H and O–H groups in total. The second-order valence-corrected chi connectivity index (χ2v) is 7.19. The Bertz CT molecular complexity index is 613. The number of benzene rings is 1. The van der Waals surface area contributed by atoms with Crippen LogP contribution in [0, 0.1) is 18.7 Å². The minimum atomic E-state index is -3.93. The first-order valence-electron chi connectivity index (χ1n) is 6.97. The molecule has 0 bridgehead atoms. The Kier molecular flexibility index (Phi) is 4.85. The van der Waals surface area contributed by atoms with Crippen molar-refractivity contribution in [1.29, 1.82) is 0 Å². The van der Waals surface area contributed by atoms with Gasteiger partial charge in [0.2, 0.25) is 10.0 Å². The average molecular weight is 316 g/mol. The lowest BCUT2D eigenvalue weighted by Crippen LogP contribution is -2.40. The van der Waals surface area contributed by atoms with Crippen LogP contribution in [0.4, 0.5) is 10.1 Å². The van der Waals surface area contributed by atoms with E-state index in [1.165, 1.54) is 13.0 Å². The number of aryl methyl sites for hydroxylation is 1. The van der Waals surface area contributed by atoms with E-state index in [1.54, 1.807) is 6.92 Å². The zero-order valence-electron chi connectivity index (χ0n) is 12.2. The quantitative estimate of drug-likeness (QED) is 0.830. The molecule has 5 nitrogen and oxygen atoms in total. The maximum atomic E-state index is 14.1. The number of nitrogens with one attached hydrogen (secondary N) is 1. The van der Waals surface area contributed by atoms with Crippen LogP contribution in [-0.2, 0) is 14.8 Å². The smallest absolute Gasteiger partial charge is 0.243 e. The standard InChI is InChI=1S/C14H21FN2O3S/c1-9-7-12(16)8-13(14(9)15)21(18,19)17-10(2)11-3-5-20-6-4-11/h7-8,10-11,17H,3-6,16H2,1-2H3. The first-order chi connectivity index (χ1) is 9.81. The Morgan fingerprint density at radius 3 is 2.62 bits per heavy atom. The molecular formula is C14H21FN2O3S. The zero-order valence-corrected chi connectivity index (χ0v) is 13.0. The predicted molar refractivity (Wildman–Crippen MR) is 78.9 cm³/mol. The van der Waals surface area contributed by atoms with Crippen molar-refractivity contribution in [3.8, 4) is 0 Å². The highest BCUT2D eigenvalue weighted by molar-refractivity contribution is 7.89. The number of nitrogen functional groups attached to an aromatic ring is 1. The van der Waals surface area contributed by atoms with Crippen molar-refractivity contribution in [3.63, 3.8) is 0 Å². The third kappa shape index (κ3) is 3.72. The van der Waals surface area contributed by atoms with Crippen molar-refractivity contribution in [2.75, 3.05) is 18.9 Å². The first-order valence-corrected chi connectivity index (χ1v) is 8.45. The Labute approximate surface area is 124 Å². The van der Waals surface area contributed by atoms with Crippen LogP contribution in [0.3, 0.4) is 0 Å². The number of hydrogen-bond donors (Lipinski definition) is 2. The van der Waals surface area contributed by atoms with E-state index in [0.717, 1.165) is 18.9 Å². The summed E-state index contributed by atoms with van der Waals surface area (Å²) in [6.45, 7) is 4.54. The van der Waals surface area contributed by atoms with E-state index in [4.69, 9.17) is 10.5 Å². The molecule has 21 heavy (non-hydrogen) atoms. The van der Waals surface area contributed by atoms with E-state index in [2.05, 4.69) is 4.72 Å². The number of sulfonamides is 1. The Balaban J connectivity index is 2.22. The molecule has 1 unspecified atom stereocenters. The van der Waals surface area contributed by atoms with Crippen molar-refractivity contribution in [1.82, 2.24) is 4.72 Å². The molecule has 1 aromatic carbocycles. The van der Waals surface area contributed by atoms with Gasteiger partial charge >= 0.3 is 0 Å². The summed E-state index contributed by atoms with van der Waals surface area (Å²) in [5.74, 6) is -0.561. The topological polar surface area (TPSA) is 81.4 Å². The molecule has 0 saturated carbocycles. The molecule has 0 radical (unpaired) electrons. The molecule has 1 aliphatic rings. The maximum Gasteiger partial charge on any atom is 0.243 e. The monoisotopic (exact) mass is 316 g/mol. The molecule has 2 rings (SSSR count). The normalized spacial score (nSPS) is 18.6. The van der Waals surface area contributed by atoms with E-state index in [9.17, 15) is 12.8 Å². The Morgan fingerprint density at radius 2 is 2.00 bits per heavy atom. The van der Waals surface area contributed by atoms with Crippen molar-refractivity contribution in [2.24, 2.45) is 5.92 Å². The van der Waals surface area contributed by atoms with Crippen LogP contribution >= 0.6 is 0 Å². The summed E-state index contributed by atoms with van der Waals surface area (Å²) in [5.41, 5.74) is 6.07. The lowest BCUT2D eigenvalue weighted by molar-refractivity contribution is 0.0585. The lowest BCUT2D eigenvalue weighted by Gasteiger charge is -2.28. The van der Waals surface area contributed by atoms with Gasteiger partial charge in [-0.05, 0) is 50.3 Å². The summed E-state index contributed by atoms with van der Waals surface area (Å²) in [4.78, 5) is -0.390. The Hall–Kier alpha value is -1.18. The van der Waals surface area contributed by atoms with Gasteiger partial charge < -0.3 is 10.5 Å². The second-order valence-electron chi connectivity index (χ2n) is 5.51. The molecule has 0 spiro atoms. The van der Waals surface area contributed by atoms with Crippen LogP contribution in [-0.4, -0.2) is 27.7 Å². The summed E-state index contributed by atoms with van der Waals surface area (Å²) in [5, 5.41) is 0. The summed E-state index contributed by atoms with van der Waals surface area (Å²) in [6.07, 6.45) is 1.59. The van der Waals surface area contributed by atoms with Gasteiger partial charge in [0.15, 0.2) is 0 Å². The van der Waals surface area contributed by atoms with E-state index in [0.29, 0.717) is 13.2 Å². The molecule has 1 heterocycles. The molecule has 1 aliphatic heterocycles. The van der Waals surface area contributed by atoms with Gasteiger partial charge in [-0.1, -0.05) is 0 Å². The molecule has 7 heteroatoms. The van der Waals surface area contributed by atoms with E-state index in [-0.39, 0.29) is 28.1 Å². The summed E-state index contributed by atoms with van der Waals surface area (Å²) in [7, 11) is -3.93. The number of anilines is 1. The van der Waals surface area contributed by atoms with Crippen LogP contribution in [0.5, 0.6) is 0 Å². The SMILES string of the molecule is Cc1cc(N)cc(S(=O)(=O)NC(C)C2CCOCC2)c1F. The number of rotatable bonds is 4. The number of halogens is 1. The molecule has 1 aromatic rings. The minimum absolute atomic E-state index is 0.193. The molecule has 118 valence electrons. The highest BCUT2D eigenvalue weighted by atomic mass is 32.2.